The third-order valence-corrected chi connectivity index (χ3v) is 0. The largest absolute Gasteiger partial charge is 0.255 e. The molecule has 0 aliphatic carbocycles. The van der Waals surface area contributed by atoms with Gasteiger partial charge in [0.2, 0.25) is 0 Å². The van der Waals surface area contributed by atoms with Crippen LogP contribution in [0.3, 0.4) is 0 Å². The average Bonchev–Trinajstić information content (AvgIpc) is 1.00. The van der Waals surface area contributed by atoms with Gasteiger partial charge in [0.15, 0.2) is 0 Å². The van der Waals surface area contributed by atoms with Crippen molar-refractivity contribution in [3.8, 4) is 0 Å². The molecule has 0 aromatic rings. The molecule has 0 atom stereocenters. The van der Waals surface area contributed by atoms with Crippen LogP contribution in [0.15, 0.2) is 0 Å². The van der Waals surface area contributed by atoms with Crippen LogP contribution in [-0.4, -0.2) is 10.5 Å². The molecule has 40 valence electrons. The SMILES string of the molecule is OO.[Co].[Mn].[Ni]. The van der Waals surface area contributed by atoms with Crippen molar-refractivity contribution in [1.82, 2.24) is 0 Å². The molecular formula is H2CoMnNiO2. The Hall–Kier alpha value is 1.44. The molecule has 2 nitrogen and oxygen atoms in total. The smallest absolute Gasteiger partial charge is 0 e. The van der Waals surface area contributed by atoms with Crippen LogP contribution in [0.1, 0.15) is 0 Å². The maximum atomic E-state index is 6.00. The normalized spacial score (nSPS) is 1.20. The van der Waals surface area contributed by atoms with E-state index in [1.807, 2.05) is 0 Å². The summed E-state index contributed by atoms with van der Waals surface area (Å²) in [5.41, 5.74) is 0. The van der Waals surface area contributed by atoms with Crippen LogP contribution in [0.4, 0.5) is 0 Å². The second kappa shape index (κ2) is 51.7. The fourth-order valence-electron chi connectivity index (χ4n) is 0. The molecule has 0 saturated heterocycles. The van der Waals surface area contributed by atoms with Crippen LogP contribution in [0.25, 0.3) is 0 Å². The minimum Gasteiger partial charge on any atom is -0.255 e. The van der Waals surface area contributed by atoms with E-state index < -0.39 is 0 Å². The van der Waals surface area contributed by atoms with Gasteiger partial charge >= 0.3 is 0 Å². The topological polar surface area (TPSA) is 40.5 Å². The van der Waals surface area contributed by atoms with Gasteiger partial charge in [-0.3, -0.25) is 10.5 Å². The Labute approximate surface area is 60.9 Å². The van der Waals surface area contributed by atoms with Crippen molar-refractivity contribution in [2.45, 2.75) is 0 Å². The van der Waals surface area contributed by atoms with E-state index in [1.54, 1.807) is 0 Å². The maximum Gasteiger partial charge on any atom is 0 e. The van der Waals surface area contributed by atoms with Crippen molar-refractivity contribution in [2.75, 3.05) is 0 Å². The summed E-state index contributed by atoms with van der Waals surface area (Å²) in [7, 11) is 0. The van der Waals surface area contributed by atoms with E-state index in [1.165, 1.54) is 0 Å². The van der Waals surface area contributed by atoms with Crippen LogP contribution in [0, 0.1) is 0 Å². The maximum absolute atomic E-state index is 6.00. The molecule has 5 heavy (non-hydrogen) atoms. The predicted molar refractivity (Wildman–Crippen MR) is 5.26 cm³/mol. The van der Waals surface area contributed by atoms with Gasteiger partial charge in [0.05, 0.1) is 0 Å². The molecule has 5 heteroatoms. The molecule has 0 heterocycles. The molecule has 0 saturated carbocycles. The fraction of sp³-hybridized carbons (Fsp3) is 0. The third-order valence-electron chi connectivity index (χ3n) is 0. The molecule has 2 N–H and O–H groups in total. The Morgan fingerprint density at radius 2 is 1.00 bits per heavy atom. The van der Waals surface area contributed by atoms with E-state index in [0.717, 1.165) is 0 Å². The van der Waals surface area contributed by atoms with Gasteiger partial charge < -0.3 is 0 Å². The van der Waals surface area contributed by atoms with Crippen LogP contribution in [-0.2, 0) is 50.3 Å². The summed E-state index contributed by atoms with van der Waals surface area (Å²) in [4.78, 5) is 0. The van der Waals surface area contributed by atoms with Gasteiger partial charge in [0, 0.05) is 50.3 Å². The minimum atomic E-state index is 0. The van der Waals surface area contributed by atoms with E-state index in [9.17, 15) is 0 Å². The molecule has 0 unspecified atom stereocenters. The number of hydrogen-bond donors (Lipinski definition) is 2. The quantitative estimate of drug-likeness (QED) is 0.333. The van der Waals surface area contributed by atoms with Crippen molar-refractivity contribution >= 4 is 0 Å². The molecule has 0 rings (SSSR count). The molecule has 0 aliphatic rings. The van der Waals surface area contributed by atoms with Gasteiger partial charge in [-0.2, -0.15) is 0 Å². The van der Waals surface area contributed by atoms with Crippen molar-refractivity contribution < 1.29 is 60.9 Å². The van der Waals surface area contributed by atoms with E-state index >= 15 is 0 Å². The van der Waals surface area contributed by atoms with Gasteiger partial charge in [-0.1, -0.05) is 0 Å². The Morgan fingerprint density at radius 1 is 1.00 bits per heavy atom. The Bertz CT molecular complexity index is 9.61. The van der Waals surface area contributed by atoms with E-state index in [4.69, 9.17) is 10.5 Å². The molecule has 0 aromatic heterocycles. The van der Waals surface area contributed by atoms with E-state index in [0.29, 0.717) is 0 Å². The summed E-state index contributed by atoms with van der Waals surface area (Å²) in [5.74, 6) is 0. The molecule has 0 aromatic carbocycles. The molecule has 0 amide bonds. The minimum absolute atomic E-state index is 0. The molecular weight excluding hydrogens is 205 g/mol. The van der Waals surface area contributed by atoms with Crippen LogP contribution in [0.2, 0.25) is 0 Å². The van der Waals surface area contributed by atoms with Gasteiger partial charge in [0.1, 0.15) is 0 Å². The van der Waals surface area contributed by atoms with Gasteiger partial charge in [0.25, 0.3) is 0 Å². The number of hydrogen-bond acceptors (Lipinski definition) is 2. The van der Waals surface area contributed by atoms with E-state index in [2.05, 4.69) is 0 Å². The summed E-state index contributed by atoms with van der Waals surface area (Å²) in [5, 5.41) is 12.0. The third kappa shape index (κ3) is 31.1. The van der Waals surface area contributed by atoms with Crippen molar-refractivity contribution in [3.63, 3.8) is 0 Å². The summed E-state index contributed by atoms with van der Waals surface area (Å²) >= 11 is 0. The first kappa shape index (κ1) is 32.0. The standard InChI is InChI=1S/Co.Mn.Ni.H2O2/c;;;1-2/h;;;1-2H. The van der Waals surface area contributed by atoms with Gasteiger partial charge in [-0.05, 0) is 0 Å². The molecule has 2 radical (unpaired) electrons. The zero-order valence-electron chi connectivity index (χ0n) is 1.92. The van der Waals surface area contributed by atoms with Crippen LogP contribution in [0.5, 0.6) is 0 Å². The first-order valence-electron chi connectivity index (χ1n) is 0.200. The van der Waals surface area contributed by atoms with Crippen molar-refractivity contribution in [1.29, 1.82) is 0 Å². The molecule has 0 spiro atoms. The Balaban J connectivity index is -0.00000000167. The summed E-state index contributed by atoms with van der Waals surface area (Å²) in [6.45, 7) is 0. The summed E-state index contributed by atoms with van der Waals surface area (Å²) < 4.78 is 0. The molecule has 0 aliphatic heterocycles. The monoisotopic (exact) mass is 206 g/mol. The zero-order chi connectivity index (χ0) is 2.00. The first-order valence-corrected chi connectivity index (χ1v) is 0.200. The number of rotatable bonds is 0. The van der Waals surface area contributed by atoms with Gasteiger partial charge in [-0.15, -0.1) is 0 Å². The fourth-order valence-corrected chi connectivity index (χ4v) is 0. The zero-order valence-corrected chi connectivity index (χ0v) is 5.13. The van der Waals surface area contributed by atoms with Crippen LogP contribution < -0.4 is 0 Å². The molecule has 0 bridgehead atoms. The predicted octanol–water partition coefficient (Wildman–Crippen LogP) is 0.00990. The van der Waals surface area contributed by atoms with E-state index in [-0.39, 0.29) is 50.3 Å². The second-order valence-corrected chi connectivity index (χ2v) is 0. The summed E-state index contributed by atoms with van der Waals surface area (Å²) in [6.07, 6.45) is 0. The average molecular weight is 207 g/mol. The van der Waals surface area contributed by atoms with Crippen LogP contribution >= 0.6 is 0 Å². The Kier molecular flexibility index (Phi) is 331. The second-order valence-electron chi connectivity index (χ2n) is 0. The van der Waals surface area contributed by atoms with Crippen molar-refractivity contribution in [2.24, 2.45) is 0 Å². The molecule has 0 fully saturated rings. The van der Waals surface area contributed by atoms with Gasteiger partial charge in [-0.25, -0.2) is 0 Å². The Morgan fingerprint density at radius 3 is 1.00 bits per heavy atom. The van der Waals surface area contributed by atoms with Crippen molar-refractivity contribution in [3.05, 3.63) is 0 Å². The summed E-state index contributed by atoms with van der Waals surface area (Å²) in [6, 6.07) is 0. The first-order chi connectivity index (χ1) is 1.00.